The molecule has 0 aromatic heterocycles. The summed E-state index contributed by atoms with van der Waals surface area (Å²) in [6.07, 6.45) is 0.992. The second-order valence-corrected chi connectivity index (χ2v) is 5.18. The van der Waals surface area contributed by atoms with Crippen molar-refractivity contribution in [3.05, 3.63) is 54.1 Å². The van der Waals surface area contributed by atoms with Gasteiger partial charge in [0.05, 0.1) is 7.11 Å². The first-order chi connectivity index (χ1) is 11.6. The number of benzene rings is 2. The zero-order valence-corrected chi connectivity index (χ0v) is 13.5. The molecule has 3 N–H and O–H groups in total. The van der Waals surface area contributed by atoms with Crippen molar-refractivity contribution >= 4 is 17.5 Å². The van der Waals surface area contributed by atoms with Gasteiger partial charge in [0.1, 0.15) is 11.5 Å². The Morgan fingerprint density at radius 1 is 1.08 bits per heavy atom. The molecule has 0 saturated carbocycles. The summed E-state index contributed by atoms with van der Waals surface area (Å²) in [7, 11) is 1.61. The molecular formula is C18H20N2O4. The highest BCUT2D eigenvalue weighted by Gasteiger charge is 2.05. The summed E-state index contributed by atoms with van der Waals surface area (Å²) in [6, 6.07) is 14.4. The van der Waals surface area contributed by atoms with Crippen molar-refractivity contribution in [3.8, 4) is 11.5 Å². The number of anilines is 1. The van der Waals surface area contributed by atoms with Gasteiger partial charge >= 0.3 is 0 Å². The van der Waals surface area contributed by atoms with E-state index in [4.69, 9.17) is 15.2 Å². The van der Waals surface area contributed by atoms with Crippen LogP contribution >= 0.6 is 0 Å². The smallest absolute Gasteiger partial charge is 0.255 e. The molecule has 0 bridgehead atoms. The quantitative estimate of drug-likeness (QED) is 0.776. The number of methoxy groups -OCH3 is 1. The van der Waals surface area contributed by atoms with Crippen molar-refractivity contribution in [3.63, 3.8) is 0 Å². The Bertz CT molecular complexity index is 698. The third-order valence-corrected chi connectivity index (χ3v) is 3.30. The third kappa shape index (κ3) is 5.64. The van der Waals surface area contributed by atoms with E-state index >= 15 is 0 Å². The first kappa shape index (κ1) is 17.3. The number of aryl methyl sites for hydroxylation is 1. The SMILES string of the molecule is COc1ccc(CCC(=O)Nc2cccc(OCC(N)=O)c2)cc1. The molecule has 0 fully saturated rings. The minimum atomic E-state index is -0.552. The molecule has 0 aliphatic rings. The highest BCUT2D eigenvalue weighted by atomic mass is 16.5. The number of amides is 2. The molecule has 6 heteroatoms. The molecular weight excluding hydrogens is 308 g/mol. The minimum Gasteiger partial charge on any atom is -0.497 e. The lowest BCUT2D eigenvalue weighted by Crippen LogP contribution is -2.20. The van der Waals surface area contributed by atoms with E-state index in [-0.39, 0.29) is 12.5 Å². The molecule has 0 aliphatic heterocycles. The van der Waals surface area contributed by atoms with Crippen LogP contribution in [0.3, 0.4) is 0 Å². The van der Waals surface area contributed by atoms with Gasteiger partial charge in [-0.25, -0.2) is 0 Å². The fourth-order valence-corrected chi connectivity index (χ4v) is 2.09. The topological polar surface area (TPSA) is 90.7 Å². The van der Waals surface area contributed by atoms with Crippen molar-refractivity contribution in [1.29, 1.82) is 0 Å². The van der Waals surface area contributed by atoms with Crippen molar-refractivity contribution in [2.24, 2.45) is 5.73 Å². The second-order valence-electron chi connectivity index (χ2n) is 5.18. The molecule has 0 atom stereocenters. The molecule has 0 radical (unpaired) electrons. The fraction of sp³-hybridized carbons (Fsp3) is 0.222. The van der Waals surface area contributed by atoms with Crippen LogP contribution in [0.2, 0.25) is 0 Å². The summed E-state index contributed by atoms with van der Waals surface area (Å²) >= 11 is 0. The average molecular weight is 328 g/mol. The zero-order valence-electron chi connectivity index (χ0n) is 13.5. The molecule has 24 heavy (non-hydrogen) atoms. The van der Waals surface area contributed by atoms with E-state index in [0.717, 1.165) is 11.3 Å². The molecule has 0 heterocycles. The van der Waals surface area contributed by atoms with E-state index < -0.39 is 5.91 Å². The van der Waals surface area contributed by atoms with Gasteiger partial charge in [-0.1, -0.05) is 18.2 Å². The van der Waals surface area contributed by atoms with E-state index in [2.05, 4.69) is 5.32 Å². The van der Waals surface area contributed by atoms with E-state index in [9.17, 15) is 9.59 Å². The minimum absolute atomic E-state index is 0.0992. The molecule has 126 valence electrons. The first-order valence-electron chi connectivity index (χ1n) is 7.51. The largest absolute Gasteiger partial charge is 0.497 e. The van der Waals surface area contributed by atoms with Crippen LogP contribution in [-0.4, -0.2) is 25.5 Å². The van der Waals surface area contributed by atoms with Crippen molar-refractivity contribution in [1.82, 2.24) is 0 Å². The first-order valence-corrected chi connectivity index (χ1v) is 7.51. The van der Waals surface area contributed by atoms with Gasteiger partial charge in [-0.3, -0.25) is 9.59 Å². The Morgan fingerprint density at radius 3 is 2.50 bits per heavy atom. The summed E-state index contributed by atoms with van der Waals surface area (Å²) in [5, 5.41) is 2.80. The maximum atomic E-state index is 12.0. The number of hydrogen-bond acceptors (Lipinski definition) is 4. The van der Waals surface area contributed by atoms with Gasteiger partial charge in [-0.2, -0.15) is 0 Å². The van der Waals surface area contributed by atoms with Crippen molar-refractivity contribution in [2.75, 3.05) is 19.0 Å². The number of ether oxygens (including phenoxy) is 2. The molecule has 2 aromatic carbocycles. The van der Waals surface area contributed by atoms with Gasteiger partial charge in [-0.15, -0.1) is 0 Å². The summed E-state index contributed by atoms with van der Waals surface area (Å²) in [5.41, 5.74) is 6.70. The Morgan fingerprint density at radius 2 is 1.83 bits per heavy atom. The summed E-state index contributed by atoms with van der Waals surface area (Å²) in [4.78, 5) is 22.8. The van der Waals surface area contributed by atoms with E-state index in [1.165, 1.54) is 0 Å². The van der Waals surface area contributed by atoms with Gasteiger partial charge in [0.25, 0.3) is 5.91 Å². The van der Waals surface area contributed by atoms with E-state index in [1.54, 1.807) is 31.4 Å². The van der Waals surface area contributed by atoms with Crippen LogP contribution in [-0.2, 0) is 16.0 Å². The van der Waals surface area contributed by atoms with Gasteiger partial charge < -0.3 is 20.5 Å². The standard InChI is InChI=1S/C18H20N2O4/c1-23-15-8-5-13(6-9-15)7-10-18(22)20-14-3-2-4-16(11-14)24-12-17(19)21/h2-6,8-9,11H,7,10,12H2,1H3,(H2,19,21)(H,20,22). The van der Waals surface area contributed by atoms with Crippen LogP contribution in [0.1, 0.15) is 12.0 Å². The molecule has 2 rings (SSSR count). The second kappa shape index (κ2) is 8.57. The highest BCUT2D eigenvalue weighted by molar-refractivity contribution is 5.91. The number of rotatable bonds is 8. The average Bonchev–Trinajstić information content (AvgIpc) is 2.59. The van der Waals surface area contributed by atoms with Gasteiger partial charge in [0.2, 0.25) is 5.91 Å². The number of carbonyl (C=O) groups is 2. The number of primary amides is 1. The van der Waals surface area contributed by atoms with Gasteiger partial charge in [-0.05, 0) is 36.2 Å². The van der Waals surface area contributed by atoms with E-state index in [0.29, 0.717) is 24.3 Å². The zero-order chi connectivity index (χ0) is 17.4. The lowest BCUT2D eigenvalue weighted by molar-refractivity contribution is -0.120. The molecule has 2 amide bonds. The van der Waals surface area contributed by atoms with Crippen molar-refractivity contribution < 1.29 is 19.1 Å². The number of hydrogen-bond donors (Lipinski definition) is 2. The normalized spacial score (nSPS) is 10.0. The fourth-order valence-electron chi connectivity index (χ4n) is 2.09. The number of carbonyl (C=O) groups excluding carboxylic acids is 2. The molecule has 0 spiro atoms. The van der Waals surface area contributed by atoms with Crippen LogP contribution in [0, 0.1) is 0 Å². The Balaban J connectivity index is 1.85. The summed E-state index contributed by atoms with van der Waals surface area (Å²) < 4.78 is 10.3. The summed E-state index contributed by atoms with van der Waals surface area (Å²) in [6.45, 7) is -0.200. The predicted octanol–water partition coefficient (Wildman–Crippen LogP) is 2.13. The number of nitrogens with two attached hydrogens (primary N) is 1. The van der Waals surface area contributed by atoms with Crippen LogP contribution in [0.4, 0.5) is 5.69 Å². The lowest BCUT2D eigenvalue weighted by Gasteiger charge is -2.08. The Hall–Kier alpha value is -3.02. The Labute approximate surface area is 140 Å². The third-order valence-electron chi connectivity index (χ3n) is 3.30. The van der Waals surface area contributed by atoms with Crippen LogP contribution in [0.25, 0.3) is 0 Å². The molecule has 2 aromatic rings. The Kier molecular flexibility index (Phi) is 6.19. The van der Waals surface area contributed by atoms with Gasteiger partial charge in [0.15, 0.2) is 6.61 Å². The van der Waals surface area contributed by atoms with Gasteiger partial charge in [0, 0.05) is 18.2 Å². The van der Waals surface area contributed by atoms with Crippen LogP contribution < -0.4 is 20.5 Å². The predicted molar refractivity (Wildman–Crippen MR) is 91.1 cm³/mol. The molecule has 6 nitrogen and oxygen atoms in total. The lowest BCUT2D eigenvalue weighted by atomic mass is 10.1. The van der Waals surface area contributed by atoms with Crippen molar-refractivity contribution in [2.45, 2.75) is 12.8 Å². The maximum absolute atomic E-state index is 12.0. The molecule has 0 aliphatic carbocycles. The summed E-state index contributed by atoms with van der Waals surface area (Å²) in [5.74, 6) is 0.611. The van der Waals surface area contributed by atoms with Crippen LogP contribution in [0.5, 0.6) is 11.5 Å². The number of nitrogens with one attached hydrogen (secondary N) is 1. The monoisotopic (exact) mass is 328 g/mol. The van der Waals surface area contributed by atoms with E-state index in [1.807, 2.05) is 24.3 Å². The van der Waals surface area contributed by atoms with Crippen LogP contribution in [0.15, 0.2) is 48.5 Å². The maximum Gasteiger partial charge on any atom is 0.255 e. The highest BCUT2D eigenvalue weighted by Crippen LogP contribution is 2.18. The molecule has 0 unspecified atom stereocenters. The molecule has 0 saturated heterocycles.